The first-order valence-electron chi connectivity index (χ1n) is 14.3. The molecule has 0 fully saturated rings. The van der Waals surface area contributed by atoms with Crippen LogP contribution in [0.15, 0.2) is 154 Å². The predicted molar refractivity (Wildman–Crippen MR) is 211 cm³/mol. The van der Waals surface area contributed by atoms with Crippen molar-refractivity contribution in [3.8, 4) is 34.5 Å². The van der Waals surface area contributed by atoms with Gasteiger partial charge in [-0.1, -0.05) is 132 Å². The maximum atomic E-state index is 6.19. The maximum absolute atomic E-state index is 6.19. The van der Waals surface area contributed by atoms with Gasteiger partial charge in [0.2, 0.25) is 0 Å². The molecule has 0 aliphatic carbocycles. The van der Waals surface area contributed by atoms with Crippen LogP contribution >= 0.6 is 95.6 Å². The van der Waals surface area contributed by atoms with Crippen LogP contribution in [0.3, 0.4) is 0 Å². The molecule has 0 spiro atoms. The van der Waals surface area contributed by atoms with Gasteiger partial charge in [0.05, 0.1) is 0 Å². The minimum Gasteiger partial charge on any atom is -0.457 e. The Morgan fingerprint density at radius 1 is 0.319 bits per heavy atom. The van der Waals surface area contributed by atoms with Crippen molar-refractivity contribution in [1.82, 2.24) is 0 Å². The number of rotatable bonds is 9. The lowest BCUT2D eigenvalue weighted by Gasteiger charge is -2.32. The molecule has 0 aliphatic rings. The van der Waals surface area contributed by atoms with E-state index in [-0.39, 0.29) is 0 Å². The molecule has 6 rings (SSSR count). The highest BCUT2D eigenvalue weighted by molar-refractivity contribution is 9.11. The van der Waals surface area contributed by atoms with Crippen LogP contribution in [0.25, 0.3) is 0 Å². The lowest BCUT2D eigenvalue weighted by atomic mass is 9.71. The van der Waals surface area contributed by atoms with Crippen molar-refractivity contribution in [2.24, 2.45) is 0 Å². The Bertz CT molecular complexity index is 1730. The molecule has 236 valence electrons. The molecule has 6 aromatic rings. The van der Waals surface area contributed by atoms with Crippen molar-refractivity contribution in [2.75, 3.05) is 0 Å². The fourth-order valence-electron chi connectivity index (χ4n) is 5.24. The first kappa shape index (κ1) is 34.5. The van der Waals surface area contributed by atoms with E-state index in [0.717, 1.165) is 78.0 Å². The van der Waals surface area contributed by atoms with Crippen LogP contribution in [0.4, 0.5) is 0 Å². The van der Waals surface area contributed by atoms with E-state index in [1.165, 1.54) is 0 Å². The Hall–Kier alpha value is -2.40. The summed E-state index contributed by atoms with van der Waals surface area (Å²) in [5, 5.41) is 0. The molecule has 0 bridgehead atoms. The Morgan fingerprint density at radius 3 is 0.745 bits per heavy atom. The summed E-state index contributed by atoms with van der Waals surface area (Å²) in [6.07, 6.45) is 0. The number of halogens is 6. The van der Waals surface area contributed by atoms with Gasteiger partial charge in [-0.15, -0.1) is 0 Å². The summed E-state index contributed by atoms with van der Waals surface area (Å²) in [6, 6.07) is 42.3. The van der Waals surface area contributed by atoms with E-state index in [0.29, 0.717) is 0 Å². The zero-order valence-electron chi connectivity index (χ0n) is 24.6. The second kappa shape index (κ2) is 15.0. The Labute approximate surface area is 324 Å². The largest absolute Gasteiger partial charge is 0.457 e. The molecule has 6 aromatic carbocycles. The minimum atomic E-state index is -0.508. The standard InChI is InChI=1S/C38H24Br6O3/c1-38(23-2-8-32(9-3-23)45-35-17-26(39)14-27(40)18-35,24-4-10-33(11-5-24)46-36-19-28(41)15-29(42)20-36)25-6-12-34(13-7-25)47-37-21-30(43)16-31(44)22-37/h2-22H,1H3. The third-order valence-corrected chi connectivity index (χ3v) is 10.3. The van der Waals surface area contributed by atoms with Crippen molar-refractivity contribution in [1.29, 1.82) is 0 Å². The Balaban J connectivity index is 1.33. The number of hydrogen-bond donors (Lipinski definition) is 0. The van der Waals surface area contributed by atoms with E-state index in [9.17, 15) is 0 Å². The smallest absolute Gasteiger partial charge is 0.129 e. The first-order chi connectivity index (χ1) is 22.5. The third kappa shape index (κ3) is 8.61. The zero-order valence-corrected chi connectivity index (χ0v) is 34.1. The molecule has 0 aliphatic heterocycles. The SMILES string of the molecule is CC(c1ccc(Oc2cc(Br)cc(Br)c2)cc1)(c1ccc(Oc2cc(Br)cc(Br)c2)cc1)c1ccc(Oc2cc(Br)cc(Br)c2)cc1. The van der Waals surface area contributed by atoms with Crippen molar-refractivity contribution >= 4 is 95.6 Å². The highest BCUT2D eigenvalue weighted by Crippen LogP contribution is 2.42. The molecule has 0 saturated heterocycles. The molecule has 0 saturated carbocycles. The Morgan fingerprint density at radius 2 is 0.532 bits per heavy atom. The second-order valence-corrected chi connectivity index (χ2v) is 16.3. The predicted octanol–water partition coefficient (Wildman–Crippen LogP) is 15.0. The summed E-state index contributed by atoms with van der Waals surface area (Å²) in [4.78, 5) is 0. The summed E-state index contributed by atoms with van der Waals surface area (Å²) < 4.78 is 24.2. The monoisotopic (exact) mass is 1000 g/mol. The Kier molecular flexibility index (Phi) is 11.0. The van der Waals surface area contributed by atoms with Crippen molar-refractivity contribution < 1.29 is 14.2 Å². The molecular formula is C38H24Br6O3. The summed E-state index contributed by atoms with van der Waals surface area (Å²) in [7, 11) is 0. The topological polar surface area (TPSA) is 27.7 Å². The van der Waals surface area contributed by atoms with Gasteiger partial charge in [0.1, 0.15) is 34.5 Å². The summed E-state index contributed by atoms with van der Waals surface area (Å²) in [6.45, 7) is 2.23. The van der Waals surface area contributed by atoms with Gasteiger partial charge < -0.3 is 14.2 Å². The van der Waals surface area contributed by atoms with Crippen molar-refractivity contribution in [3.63, 3.8) is 0 Å². The van der Waals surface area contributed by atoms with Gasteiger partial charge in [-0.2, -0.15) is 0 Å². The summed E-state index contributed by atoms with van der Waals surface area (Å²) in [5.41, 5.74) is 2.81. The van der Waals surface area contributed by atoms with Gasteiger partial charge in [0.25, 0.3) is 0 Å². The van der Waals surface area contributed by atoms with E-state index >= 15 is 0 Å². The molecule has 47 heavy (non-hydrogen) atoms. The van der Waals surface area contributed by atoms with E-state index in [1.54, 1.807) is 0 Å². The second-order valence-electron chi connectivity index (χ2n) is 10.8. The molecule has 0 unspecified atom stereocenters. The fraction of sp³-hybridized carbons (Fsp3) is 0.0526. The maximum Gasteiger partial charge on any atom is 0.129 e. The van der Waals surface area contributed by atoms with Crippen LogP contribution < -0.4 is 14.2 Å². The van der Waals surface area contributed by atoms with E-state index < -0.39 is 5.41 Å². The van der Waals surface area contributed by atoms with E-state index in [2.05, 4.69) is 139 Å². The normalized spacial score (nSPS) is 11.3. The van der Waals surface area contributed by atoms with Gasteiger partial charge in [-0.05, 0) is 115 Å². The number of ether oxygens (including phenoxy) is 3. The fourth-order valence-corrected chi connectivity index (χ4v) is 8.99. The van der Waals surface area contributed by atoms with Gasteiger partial charge in [0.15, 0.2) is 0 Å². The van der Waals surface area contributed by atoms with Crippen LogP contribution in [0.5, 0.6) is 34.5 Å². The zero-order chi connectivity index (χ0) is 33.1. The lowest BCUT2D eigenvalue weighted by Crippen LogP contribution is -2.25. The number of hydrogen-bond acceptors (Lipinski definition) is 3. The molecule has 0 amide bonds. The summed E-state index contributed by atoms with van der Waals surface area (Å²) in [5.74, 6) is 4.45. The highest BCUT2D eigenvalue weighted by Gasteiger charge is 2.31. The molecule has 0 radical (unpaired) electrons. The third-order valence-electron chi connectivity index (χ3n) is 7.51. The van der Waals surface area contributed by atoms with Crippen LogP contribution in [-0.2, 0) is 5.41 Å². The average Bonchev–Trinajstić information content (AvgIpc) is 3.00. The lowest BCUT2D eigenvalue weighted by molar-refractivity contribution is 0.480. The summed E-state index contributed by atoms with van der Waals surface area (Å²) >= 11 is 21.2. The van der Waals surface area contributed by atoms with E-state index in [1.807, 2.05) is 91.0 Å². The first-order valence-corrected chi connectivity index (χ1v) is 19.0. The van der Waals surface area contributed by atoms with Crippen LogP contribution in [-0.4, -0.2) is 0 Å². The van der Waals surface area contributed by atoms with Gasteiger partial charge in [0, 0.05) is 32.3 Å². The molecule has 0 aromatic heterocycles. The number of benzene rings is 6. The van der Waals surface area contributed by atoms with E-state index in [4.69, 9.17) is 14.2 Å². The van der Waals surface area contributed by atoms with Crippen LogP contribution in [0.2, 0.25) is 0 Å². The minimum absolute atomic E-state index is 0.508. The highest BCUT2D eigenvalue weighted by atomic mass is 79.9. The molecule has 0 N–H and O–H groups in total. The quantitative estimate of drug-likeness (QED) is 0.135. The van der Waals surface area contributed by atoms with Crippen LogP contribution in [0.1, 0.15) is 23.6 Å². The molecule has 0 atom stereocenters. The molecule has 3 nitrogen and oxygen atoms in total. The van der Waals surface area contributed by atoms with Gasteiger partial charge >= 0.3 is 0 Å². The van der Waals surface area contributed by atoms with Gasteiger partial charge in [-0.25, -0.2) is 0 Å². The molecular weight excluding hydrogens is 984 g/mol. The molecule has 0 heterocycles. The molecule has 9 heteroatoms. The van der Waals surface area contributed by atoms with Crippen LogP contribution in [0, 0.1) is 0 Å². The average molecular weight is 1010 g/mol. The van der Waals surface area contributed by atoms with Crippen molar-refractivity contribution in [2.45, 2.75) is 12.3 Å². The van der Waals surface area contributed by atoms with Crippen molar-refractivity contribution in [3.05, 3.63) is 171 Å². The van der Waals surface area contributed by atoms with Gasteiger partial charge in [-0.3, -0.25) is 0 Å².